The summed E-state index contributed by atoms with van der Waals surface area (Å²) in [7, 11) is -4.08. The van der Waals surface area contributed by atoms with E-state index in [4.69, 9.17) is 20.9 Å². The van der Waals surface area contributed by atoms with Crippen LogP contribution >= 0.6 is 0 Å². The summed E-state index contributed by atoms with van der Waals surface area (Å²) in [6.45, 7) is 9.70. The van der Waals surface area contributed by atoms with Gasteiger partial charge in [0.05, 0.1) is 63.2 Å². The van der Waals surface area contributed by atoms with E-state index in [0.717, 1.165) is 31.9 Å². The Kier molecular flexibility index (Phi) is 11.7. The lowest BCUT2D eigenvalue weighted by Gasteiger charge is -2.12. The maximum Gasteiger partial charge on any atom is 0.268 e. The SMILES string of the molecule is CC(C)Oc1ccc(-n2ncc(C(=O)c3cc4ccccc4[nH]3)c2N)cc1.Cc1ccc(S(=O)(=O)n2c(C(=O)c3cnn(-c4ccc(OC(C)C)cc4)c3N)cc3ccccc32)cc1. The second kappa shape index (κ2) is 17.5. The molecule has 0 radical (unpaired) electrons. The van der Waals surface area contributed by atoms with Crippen LogP contribution in [0, 0.1) is 6.92 Å². The van der Waals surface area contributed by atoms with Crippen molar-refractivity contribution in [3.63, 3.8) is 0 Å². The number of H-pyrrole nitrogens is 1. The number of fused-ring (bicyclic) bond motifs is 2. The standard InChI is InChI=1S/C28H26N4O4S.C21H20N4O2/c1-18(2)36-22-12-10-21(11-13-22)31-28(29)24(17-30-31)27(33)26-16-20-6-4-5-7-25(20)32(26)37(34,35)23-14-8-19(3)9-15-23;1-13(2)27-16-9-7-15(8-10-16)25-21(22)17(12-23-25)20(26)19-11-14-5-3-4-6-18(14)24-19/h4-18H,29H2,1-3H3;3-13,24H,22H2,1-2H3. The quantitative estimate of drug-likeness (QED) is 0.0998. The number of hydrogen-bond acceptors (Lipinski definition) is 10. The van der Waals surface area contributed by atoms with Gasteiger partial charge in [-0.15, -0.1) is 0 Å². The van der Waals surface area contributed by atoms with Crippen LogP contribution in [0.3, 0.4) is 0 Å². The highest BCUT2D eigenvalue weighted by Crippen LogP contribution is 2.30. The van der Waals surface area contributed by atoms with E-state index in [2.05, 4.69) is 15.2 Å². The van der Waals surface area contributed by atoms with Gasteiger partial charge in [-0.3, -0.25) is 9.59 Å². The second-order valence-corrected chi connectivity index (χ2v) is 17.4. The molecule has 14 nitrogen and oxygen atoms in total. The van der Waals surface area contributed by atoms with Gasteiger partial charge in [-0.05, 0) is 120 Å². The van der Waals surface area contributed by atoms with E-state index in [0.29, 0.717) is 39.4 Å². The lowest BCUT2D eigenvalue weighted by Crippen LogP contribution is -2.19. The molecule has 0 bridgehead atoms. The Hall–Kier alpha value is -7.91. The molecule has 5 N–H and O–H groups in total. The number of ether oxygens (including phenoxy) is 2. The van der Waals surface area contributed by atoms with Gasteiger partial charge in [0, 0.05) is 16.3 Å². The largest absolute Gasteiger partial charge is 0.491 e. The highest BCUT2D eigenvalue weighted by molar-refractivity contribution is 7.90. The van der Waals surface area contributed by atoms with Crippen LogP contribution in [0.2, 0.25) is 0 Å². The summed E-state index contributed by atoms with van der Waals surface area (Å²) in [6, 6.07) is 39.2. The average molecular weight is 875 g/mol. The van der Waals surface area contributed by atoms with Crippen molar-refractivity contribution in [2.24, 2.45) is 0 Å². The van der Waals surface area contributed by atoms with E-state index in [9.17, 15) is 18.0 Å². The first-order valence-corrected chi connectivity index (χ1v) is 21.9. The Morgan fingerprint density at radius 2 is 1.12 bits per heavy atom. The summed E-state index contributed by atoms with van der Waals surface area (Å²) in [6.07, 6.45) is 3.00. The Morgan fingerprint density at radius 1 is 0.625 bits per heavy atom. The van der Waals surface area contributed by atoms with E-state index in [1.807, 2.05) is 89.2 Å². The Labute approximate surface area is 369 Å². The molecule has 4 heterocycles. The number of anilines is 2. The van der Waals surface area contributed by atoms with Crippen molar-refractivity contribution in [1.82, 2.24) is 28.5 Å². The number of carbonyl (C=O) groups excluding carboxylic acids is 2. The molecule has 0 saturated heterocycles. The number of hydrogen-bond donors (Lipinski definition) is 3. The fourth-order valence-corrected chi connectivity index (χ4v) is 8.71. The number of aryl methyl sites for hydroxylation is 1. The number of ketones is 2. The number of rotatable bonds is 12. The van der Waals surface area contributed by atoms with Crippen molar-refractivity contribution in [1.29, 1.82) is 0 Å². The van der Waals surface area contributed by atoms with Gasteiger partial charge in [0.2, 0.25) is 11.6 Å². The van der Waals surface area contributed by atoms with E-state index < -0.39 is 15.8 Å². The monoisotopic (exact) mass is 874 g/mol. The van der Waals surface area contributed by atoms with Gasteiger partial charge in [0.1, 0.15) is 28.8 Å². The molecule has 0 aliphatic heterocycles. The molecule has 9 aromatic rings. The van der Waals surface area contributed by atoms with Crippen LogP contribution < -0.4 is 20.9 Å². The zero-order valence-electron chi connectivity index (χ0n) is 35.8. The molecule has 0 fully saturated rings. The van der Waals surface area contributed by atoms with Gasteiger partial charge >= 0.3 is 0 Å². The third kappa shape index (κ3) is 8.48. The fourth-order valence-electron chi connectivity index (χ4n) is 7.19. The molecule has 324 valence electrons. The van der Waals surface area contributed by atoms with Crippen LogP contribution in [0.4, 0.5) is 11.6 Å². The minimum Gasteiger partial charge on any atom is -0.491 e. The molecule has 4 aromatic heterocycles. The van der Waals surface area contributed by atoms with Gasteiger partial charge in [0.25, 0.3) is 10.0 Å². The number of nitrogens with one attached hydrogen (secondary N) is 1. The second-order valence-electron chi connectivity index (χ2n) is 15.6. The molecule has 15 heteroatoms. The summed E-state index contributed by atoms with van der Waals surface area (Å²) >= 11 is 0. The third-order valence-electron chi connectivity index (χ3n) is 10.2. The average Bonchev–Trinajstić information content (AvgIpc) is 4.08. The van der Waals surface area contributed by atoms with Crippen molar-refractivity contribution in [3.05, 3.63) is 174 Å². The van der Waals surface area contributed by atoms with Crippen LogP contribution in [0.1, 0.15) is 65.4 Å². The van der Waals surface area contributed by atoms with E-state index in [-0.39, 0.29) is 40.0 Å². The first kappa shape index (κ1) is 42.8. The van der Waals surface area contributed by atoms with Crippen LogP contribution in [0.5, 0.6) is 11.5 Å². The molecular formula is C49H46N8O6S. The predicted octanol–water partition coefficient (Wildman–Crippen LogP) is 8.93. The number of nitrogens with zero attached hydrogens (tertiary/aromatic N) is 5. The molecular weight excluding hydrogens is 829 g/mol. The molecule has 0 aliphatic rings. The minimum atomic E-state index is -4.08. The Morgan fingerprint density at radius 3 is 1.66 bits per heavy atom. The lowest BCUT2D eigenvalue weighted by atomic mass is 10.1. The van der Waals surface area contributed by atoms with Crippen molar-refractivity contribution in [2.45, 2.75) is 51.7 Å². The predicted molar refractivity (Wildman–Crippen MR) is 248 cm³/mol. The summed E-state index contributed by atoms with van der Waals surface area (Å²) in [5, 5.41) is 10.2. The zero-order valence-corrected chi connectivity index (χ0v) is 36.6. The van der Waals surface area contributed by atoms with Crippen molar-refractivity contribution < 1.29 is 27.5 Å². The van der Waals surface area contributed by atoms with Crippen LogP contribution in [-0.2, 0) is 10.0 Å². The molecule has 0 amide bonds. The fraction of sp³-hybridized carbons (Fsp3) is 0.143. The first-order chi connectivity index (χ1) is 30.7. The minimum absolute atomic E-state index is 0.0197. The number of benzene rings is 5. The molecule has 64 heavy (non-hydrogen) atoms. The first-order valence-electron chi connectivity index (χ1n) is 20.5. The number of aromatic nitrogens is 6. The summed E-state index contributed by atoms with van der Waals surface area (Å²) in [4.78, 5) is 29.9. The number of para-hydroxylation sites is 2. The normalized spacial score (nSPS) is 11.5. The van der Waals surface area contributed by atoms with Crippen molar-refractivity contribution in [3.8, 4) is 22.9 Å². The van der Waals surface area contributed by atoms with Gasteiger partial charge in [-0.2, -0.15) is 10.2 Å². The number of aromatic amines is 1. The topological polar surface area (TPSA) is 195 Å². The molecule has 0 unspecified atom stereocenters. The van der Waals surface area contributed by atoms with Crippen LogP contribution in [0.15, 0.2) is 151 Å². The molecule has 0 atom stereocenters. The van der Waals surface area contributed by atoms with Crippen LogP contribution in [0.25, 0.3) is 33.2 Å². The molecule has 5 aromatic carbocycles. The number of carbonyl (C=O) groups is 2. The summed E-state index contributed by atoms with van der Waals surface area (Å²) in [5.41, 5.74) is 17.2. The van der Waals surface area contributed by atoms with Gasteiger partial charge in [-0.25, -0.2) is 21.8 Å². The number of nitrogens with two attached hydrogens (primary N) is 2. The number of nitrogen functional groups attached to an aromatic ring is 2. The maximum atomic E-state index is 13.8. The highest BCUT2D eigenvalue weighted by atomic mass is 32.2. The Bertz CT molecular complexity index is 3220. The summed E-state index contributed by atoms with van der Waals surface area (Å²) < 4.78 is 42.9. The Balaban J connectivity index is 0.000000184. The van der Waals surface area contributed by atoms with Gasteiger partial charge < -0.3 is 25.9 Å². The van der Waals surface area contributed by atoms with Gasteiger partial charge in [-0.1, -0.05) is 54.1 Å². The van der Waals surface area contributed by atoms with E-state index >= 15 is 0 Å². The zero-order chi connectivity index (χ0) is 45.3. The van der Waals surface area contributed by atoms with E-state index in [1.165, 1.54) is 29.2 Å². The summed E-state index contributed by atoms with van der Waals surface area (Å²) in [5.74, 6) is 1.15. The smallest absolute Gasteiger partial charge is 0.268 e. The third-order valence-corrected chi connectivity index (χ3v) is 12.0. The van der Waals surface area contributed by atoms with E-state index in [1.54, 1.807) is 71.4 Å². The van der Waals surface area contributed by atoms with Crippen molar-refractivity contribution in [2.75, 3.05) is 11.5 Å². The maximum absolute atomic E-state index is 13.8. The van der Waals surface area contributed by atoms with Crippen molar-refractivity contribution >= 4 is 55.0 Å². The molecule has 0 aliphatic carbocycles. The van der Waals surface area contributed by atoms with Crippen LogP contribution in [-0.4, -0.2) is 60.7 Å². The lowest BCUT2D eigenvalue weighted by molar-refractivity contribution is 0.102. The molecule has 0 saturated carbocycles. The van der Waals surface area contributed by atoms with Gasteiger partial charge in [0.15, 0.2) is 0 Å². The molecule has 0 spiro atoms. The highest BCUT2D eigenvalue weighted by Gasteiger charge is 2.29. The molecule has 9 rings (SSSR count).